The van der Waals surface area contributed by atoms with E-state index in [-0.39, 0.29) is 0 Å². The highest BCUT2D eigenvalue weighted by Crippen LogP contribution is 2.13. The van der Waals surface area contributed by atoms with Gasteiger partial charge >= 0.3 is 0 Å². The van der Waals surface area contributed by atoms with Crippen molar-refractivity contribution in [2.75, 3.05) is 0 Å². The highest BCUT2D eigenvalue weighted by molar-refractivity contribution is 7.11. The lowest BCUT2D eigenvalue weighted by Crippen LogP contribution is -2.12. The lowest BCUT2D eigenvalue weighted by atomic mass is 10.0. The summed E-state index contributed by atoms with van der Waals surface area (Å²) in [6.07, 6.45) is 4.23. The molecular formula is C17H24N2S. The van der Waals surface area contributed by atoms with Crippen LogP contribution >= 0.6 is 11.3 Å². The summed E-state index contributed by atoms with van der Waals surface area (Å²) in [5.41, 5.74) is 2.76. The minimum atomic E-state index is 0.719. The smallest absolute Gasteiger partial charge is 0.107 e. The molecule has 0 saturated heterocycles. The minimum absolute atomic E-state index is 0.719. The molecule has 0 aliphatic rings. The number of nitrogens with zero attached hydrogens (tertiary/aromatic N) is 1. The van der Waals surface area contributed by atoms with Gasteiger partial charge in [-0.1, -0.05) is 45.0 Å². The largest absolute Gasteiger partial charge is 0.306 e. The maximum Gasteiger partial charge on any atom is 0.107 e. The van der Waals surface area contributed by atoms with Crippen molar-refractivity contribution < 1.29 is 0 Å². The van der Waals surface area contributed by atoms with Crippen LogP contribution in [0.2, 0.25) is 0 Å². The quantitative estimate of drug-likeness (QED) is 0.826. The average Bonchev–Trinajstić information content (AvgIpc) is 2.88. The Morgan fingerprint density at radius 1 is 1.10 bits per heavy atom. The Hall–Kier alpha value is -1.19. The van der Waals surface area contributed by atoms with Crippen LogP contribution in [0.4, 0.5) is 0 Å². The number of benzene rings is 1. The molecule has 0 aliphatic carbocycles. The van der Waals surface area contributed by atoms with Crippen molar-refractivity contribution in [1.29, 1.82) is 0 Å². The van der Waals surface area contributed by atoms with Gasteiger partial charge in [-0.25, -0.2) is 4.98 Å². The molecule has 0 atom stereocenters. The molecule has 1 aromatic carbocycles. The van der Waals surface area contributed by atoms with Gasteiger partial charge in [0.15, 0.2) is 0 Å². The van der Waals surface area contributed by atoms with Crippen molar-refractivity contribution in [3.8, 4) is 0 Å². The summed E-state index contributed by atoms with van der Waals surface area (Å²) >= 11 is 1.80. The molecule has 20 heavy (non-hydrogen) atoms. The van der Waals surface area contributed by atoms with E-state index in [0.29, 0.717) is 0 Å². The van der Waals surface area contributed by atoms with Crippen LogP contribution < -0.4 is 5.32 Å². The van der Waals surface area contributed by atoms with Crippen molar-refractivity contribution in [2.24, 2.45) is 5.92 Å². The minimum Gasteiger partial charge on any atom is -0.306 e. The van der Waals surface area contributed by atoms with E-state index in [1.807, 2.05) is 6.20 Å². The first-order chi connectivity index (χ1) is 9.67. The molecular weight excluding hydrogens is 264 g/mol. The summed E-state index contributed by atoms with van der Waals surface area (Å²) < 4.78 is 0. The molecule has 108 valence electrons. The Morgan fingerprint density at radius 2 is 1.80 bits per heavy atom. The Balaban J connectivity index is 1.79. The van der Waals surface area contributed by atoms with Gasteiger partial charge in [0.05, 0.1) is 0 Å². The van der Waals surface area contributed by atoms with E-state index in [0.717, 1.165) is 31.8 Å². The van der Waals surface area contributed by atoms with Crippen molar-refractivity contribution in [3.05, 3.63) is 51.5 Å². The third kappa shape index (κ3) is 4.73. The first-order valence-electron chi connectivity index (χ1n) is 7.39. The second-order valence-electron chi connectivity index (χ2n) is 5.59. The molecule has 0 fully saturated rings. The van der Waals surface area contributed by atoms with E-state index >= 15 is 0 Å². The van der Waals surface area contributed by atoms with Gasteiger partial charge in [-0.2, -0.15) is 0 Å². The fraction of sp³-hybridized carbons (Fsp3) is 0.471. The number of rotatable bonds is 7. The number of nitrogens with one attached hydrogen (secondary N) is 1. The van der Waals surface area contributed by atoms with Crippen molar-refractivity contribution >= 4 is 11.3 Å². The maximum atomic E-state index is 4.42. The molecule has 2 rings (SSSR count). The molecule has 0 saturated carbocycles. The highest BCUT2D eigenvalue weighted by Gasteiger charge is 2.01. The number of aromatic nitrogens is 1. The SMILES string of the molecule is CCc1cnc(CNCc2ccc(CC(C)C)cc2)s1. The molecule has 2 aromatic rings. The molecule has 1 N–H and O–H groups in total. The van der Waals surface area contributed by atoms with E-state index < -0.39 is 0 Å². The second kappa shape index (κ2) is 7.55. The van der Waals surface area contributed by atoms with Crippen LogP contribution in [0.15, 0.2) is 30.5 Å². The predicted octanol–water partition coefficient (Wildman–Crippen LogP) is 4.19. The Morgan fingerprint density at radius 3 is 2.40 bits per heavy atom. The van der Waals surface area contributed by atoms with Gasteiger partial charge in [0, 0.05) is 24.2 Å². The normalized spacial score (nSPS) is 11.2. The van der Waals surface area contributed by atoms with Crippen LogP contribution in [0.3, 0.4) is 0 Å². The van der Waals surface area contributed by atoms with Crippen LogP contribution in [-0.2, 0) is 25.9 Å². The van der Waals surface area contributed by atoms with Crippen LogP contribution in [0, 0.1) is 5.92 Å². The second-order valence-corrected chi connectivity index (χ2v) is 6.79. The molecule has 0 radical (unpaired) electrons. The van der Waals surface area contributed by atoms with Gasteiger partial charge < -0.3 is 5.32 Å². The van der Waals surface area contributed by atoms with E-state index in [4.69, 9.17) is 0 Å². The molecule has 2 nitrogen and oxygen atoms in total. The molecule has 1 aromatic heterocycles. The average molecular weight is 288 g/mol. The van der Waals surface area contributed by atoms with Gasteiger partial charge in [0.25, 0.3) is 0 Å². The van der Waals surface area contributed by atoms with Gasteiger partial charge in [0.2, 0.25) is 0 Å². The van der Waals surface area contributed by atoms with Crippen LogP contribution in [0.5, 0.6) is 0 Å². The van der Waals surface area contributed by atoms with Crippen molar-refractivity contribution in [1.82, 2.24) is 10.3 Å². The van der Waals surface area contributed by atoms with Gasteiger partial charge in [-0.3, -0.25) is 0 Å². The third-order valence-corrected chi connectivity index (χ3v) is 4.36. The van der Waals surface area contributed by atoms with Crippen LogP contribution in [0.25, 0.3) is 0 Å². The molecule has 3 heteroatoms. The monoisotopic (exact) mass is 288 g/mol. The summed E-state index contributed by atoms with van der Waals surface area (Å²) in [6, 6.07) is 8.94. The first-order valence-corrected chi connectivity index (χ1v) is 8.21. The van der Waals surface area contributed by atoms with Gasteiger partial charge in [-0.15, -0.1) is 11.3 Å². The van der Waals surface area contributed by atoms with Crippen LogP contribution in [-0.4, -0.2) is 4.98 Å². The maximum absolute atomic E-state index is 4.42. The highest BCUT2D eigenvalue weighted by atomic mass is 32.1. The summed E-state index contributed by atoms with van der Waals surface area (Å²) in [5, 5.41) is 4.64. The zero-order valence-electron chi connectivity index (χ0n) is 12.6. The first kappa shape index (κ1) is 15.2. The Bertz CT molecular complexity index is 514. The zero-order valence-corrected chi connectivity index (χ0v) is 13.5. The third-order valence-electron chi connectivity index (χ3n) is 3.22. The topological polar surface area (TPSA) is 24.9 Å². The number of aryl methyl sites for hydroxylation is 1. The molecule has 0 unspecified atom stereocenters. The van der Waals surface area contributed by atoms with E-state index in [9.17, 15) is 0 Å². The van der Waals surface area contributed by atoms with Crippen molar-refractivity contribution in [2.45, 2.75) is 46.7 Å². The number of thiazole rings is 1. The molecule has 1 heterocycles. The fourth-order valence-electron chi connectivity index (χ4n) is 2.17. The lowest BCUT2D eigenvalue weighted by Gasteiger charge is -2.07. The molecule has 0 bridgehead atoms. The summed E-state index contributed by atoms with van der Waals surface area (Å²) in [7, 11) is 0. The summed E-state index contributed by atoms with van der Waals surface area (Å²) in [4.78, 5) is 5.78. The zero-order chi connectivity index (χ0) is 14.4. The summed E-state index contributed by atoms with van der Waals surface area (Å²) in [6.45, 7) is 8.45. The predicted molar refractivity (Wildman–Crippen MR) is 87.0 cm³/mol. The number of hydrogen-bond donors (Lipinski definition) is 1. The Labute approximate surface area is 126 Å². The molecule has 0 spiro atoms. The van der Waals surface area contributed by atoms with Gasteiger partial charge in [-0.05, 0) is 29.9 Å². The van der Waals surface area contributed by atoms with E-state index in [1.54, 1.807) is 11.3 Å². The van der Waals surface area contributed by atoms with E-state index in [1.165, 1.54) is 21.0 Å². The fourth-order valence-corrected chi connectivity index (χ4v) is 3.00. The molecule has 0 aliphatic heterocycles. The van der Waals surface area contributed by atoms with Gasteiger partial charge in [0.1, 0.15) is 5.01 Å². The standard InChI is InChI=1S/C17H24N2S/c1-4-16-11-19-17(20-16)12-18-10-15-7-5-14(6-8-15)9-13(2)3/h5-8,11,13,18H,4,9-10,12H2,1-3H3. The molecule has 0 amide bonds. The van der Waals surface area contributed by atoms with Crippen molar-refractivity contribution in [3.63, 3.8) is 0 Å². The van der Waals surface area contributed by atoms with E-state index in [2.05, 4.69) is 55.3 Å². The number of hydrogen-bond acceptors (Lipinski definition) is 3. The lowest BCUT2D eigenvalue weighted by molar-refractivity contribution is 0.646. The van der Waals surface area contributed by atoms with Crippen LogP contribution in [0.1, 0.15) is 41.8 Å². The summed E-state index contributed by atoms with van der Waals surface area (Å²) in [5.74, 6) is 0.719. The Kier molecular flexibility index (Phi) is 5.74.